The summed E-state index contributed by atoms with van der Waals surface area (Å²) in [7, 11) is 0. The number of rotatable bonds is 2. The number of para-hydroxylation sites is 1. The van der Waals surface area contributed by atoms with Gasteiger partial charge in [-0.3, -0.25) is 14.5 Å². The molecule has 6 nitrogen and oxygen atoms in total. The van der Waals surface area contributed by atoms with Crippen LogP contribution in [0.15, 0.2) is 39.5 Å². The smallest absolute Gasteiger partial charge is 0.289 e. The lowest BCUT2D eigenvalue weighted by Gasteiger charge is -2.48. The van der Waals surface area contributed by atoms with E-state index in [1.165, 1.54) is 18.9 Å². The van der Waals surface area contributed by atoms with Crippen molar-refractivity contribution in [2.75, 3.05) is 32.8 Å². The maximum Gasteiger partial charge on any atom is 0.289 e. The lowest BCUT2D eigenvalue weighted by atomic mass is 10.0. The third kappa shape index (κ3) is 2.73. The van der Waals surface area contributed by atoms with E-state index in [0.29, 0.717) is 36.7 Å². The number of fused-ring (bicyclic) bond motifs is 2. The molecule has 0 radical (unpaired) electrons. The number of morpholine rings is 1. The molecule has 0 bridgehead atoms. The minimum atomic E-state index is -0.207. The van der Waals surface area contributed by atoms with Crippen LogP contribution in [0.4, 0.5) is 0 Å². The van der Waals surface area contributed by atoms with Crippen LogP contribution in [0.1, 0.15) is 23.4 Å². The molecule has 2 aromatic rings. The molecule has 6 heteroatoms. The highest BCUT2D eigenvalue weighted by molar-refractivity contribution is 5.93. The van der Waals surface area contributed by atoms with E-state index in [4.69, 9.17) is 9.15 Å². The van der Waals surface area contributed by atoms with Gasteiger partial charge in [0.2, 0.25) is 0 Å². The van der Waals surface area contributed by atoms with Gasteiger partial charge in [-0.1, -0.05) is 12.1 Å². The fourth-order valence-electron chi connectivity index (χ4n) is 4.31. The Morgan fingerprint density at radius 3 is 2.81 bits per heavy atom. The van der Waals surface area contributed by atoms with Crippen molar-refractivity contribution in [2.45, 2.75) is 24.9 Å². The second-order valence-corrected chi connectivity index (χ2v) is 7.56. The lowest BCUT2D eigenvalue weighted by Crippen LogP contribution is -2.63. The standard InChI is InChI=1S/C20H22N2O4/c23-17-9-19(26-18-4-2-1-3-15(17)18)20(24)21-7-8-22-14(10-21)11-25-12-16(22)13-5-6-13/h1-4,9,13-14,16H,5-8,10-12H2/t14-,16-/m1/s1. The third-order valence-corrected chi connectivity index (χ3v) is 5.85. The van der Waals surface area contributed by atoms with E-state index in [-0.39, 0.29) is 23.1 Å². The third-order valence-electron chi connectivity index (χ3n) is 5.85. The van der Waals surface area contributed by atoms with Gasteiger partial charge >= 0.3 is 0 Å². The first-order valence-corrected chi connectivity index (χ1v) is 9.36. The van der Waals surface area contributed by atoms with E-state index < -0.39 is 0 Å². The van der Waals surface area contributed by atoms with Crippen LogP contribution in [-0.4, -0.2) is 60.6 Å². The first kappa shape index (κ1) is 16.0. The van der Waals surface area contributed by atoms with E-state index in [2.05, 4.69) is 4.90 Å². The Balaban J connectivity index is 1.37. The minimum absolute atomic E-state index is 0.123. The van der Waals surface area contributed by atoms with Gasteiger partial charge in [0.05, 0.1) is 24.6 Å². The van der Waals surface area contributed by atoms with Crippen LogP contribution >= 0.6 is 0 Å². The fourth-order valence-corrected chi connectivity index (χ4v) is 4.31. The van der Waals surface area contributed by atoms with Crippen LogP contribution in [-0.2, 0) is 4.74 Å². The van der Waals surface area contributed by atoms with Gasteiger partial charge in [-0.2, -0.15) is 0 Å². The van der Waals surface area contributed by atoms with Gasteiger partial charge in [-0.15, -0.1) is 0 Å². The highest BCUT2D eigenvalue weighted by Gasteiger charge is 2.43. The summed E-state index contributed by atoms with van der Waals surface area (Å²) in [5.74, 6) is 0.678. The number of carbonyl (C=O) groups is 1. The summed E-state index contributed by atoms with van der Waals surface area (Å²) in [6, 6.07) is 9.09. The van der Waals surface area contributed by atoms with Crippen LogP contribution in [0.2, 0.25) is 0 Å². The molecule has 1 aliphatic carbocycles. The molecule has 3 aliphatic rings. The maximum atomic E-state index is 12.9. The molecule has 0 N–H and O–H groups in total. The molecule has 1 aromatic heterocycles. The largest absolute Gasteiger partial charge is 0.451 e. The average Bonchev–Trinajstić information content (AvgIpc) is 3.51. The number of hydrogen-bond acceptors (Lipinski definition) is 5. The molecule has 3 fully saturated rings. The van der Waals surface area contributed by atoms with Crippen LogP contribution in [0, 0.1) is 5.92 Å². The molecule has 136 valence electrons. The monoisotopic (exact) mass is 354 g/mol. The van der Waals surface area contributed by atoms with E-state index >= 15 is 0 Å². The summed E-state index contributed by atoms with van der Waals surface area (Å²) < 4.78 is 11.5. The Morgan fingerprint density at radius 2 is 1.96 bits per heavy atom. The molecule has 0 spiro atoms. The lowest BCUT2D eigenvalue weighted by molar-refractivity contribution is -0.0818. The Labute approximate surface area is 151 Å². The van der Waals surface area contributed by atoms with E-state index in [1.54, 1.807) is 29.2 Å². The van der Waals surface area contributed by atoms with Crippen molar-refractivity contribution in [1.29, 1.82) is 0 Å². The number of amides is 1. The summed E-state index contributed by atoms with van der Waals surface area (Å²) in [6.45, 7) is 3.62. The number of ether oxygens (including phenoxy) is 1. The molecule has 1 saturated carbocycles. The van der Waals surface area contributed by atoms with Gasteiger partial charge in [0.1, 0.15) is 5.58 Å². The Kier molecular flexibility index (Phi) is 3.83. The maximum absolute atomic E-state index is 12.9. The molecule has 0 unspecified atom stereocenters. The molecule has 26 heavy (non-hydrogen) atoms. The number of nitrogens with zero attached hydrogens (tertiary/aromatic N) is 2. The van der Waals surface area contributed by atoms with E-state index in [1.807, 2.05) is 0 Å². The zero-order chi connectivity index (χ0) is 17.7. The van der Waals surface area contributed by atoms with Crippen molar-refractivity contribution < 1.29 is 13.9 Å². The van der Waals surface area contributed by atoms with Crippen molar-refractivity contribution in [3.63, 3.8) is 0 Å². The second-order valence-electron chi connectivity index (χ2n) is 7.56. The summed E-state index contributed by atoms with van der Waals surface area (Å²) >= 11 is 0. The topological polar surface area (TPSA) is 63.0 Å². The van der Waals surface area contributed by atoms with Gasteiger partial charge in [-0.25, -0.2) is 0 Å². The summed E-state index contributed by atoms with van der Waals surface area (Å²) in [6.07, 6.45) is 2.59. The van der Waals surface area contributed by atoms with Crippen molar-refractivity contribution in [2.24, 2.45) is 5.92 Å². The molecule has 3 heterocycles. The van der Waals surface area contributed by atoms with E-state index in [0.717, 1.165) is 19.1 Å². The molecule has 2 atom stereocenters. The van der Waals surface area contributed by atoms with Gasteiger partial charge in [0.15, 0.2) is 11.2 Å². The molecular weight excluding hydrogens is 332 g/mol. The van der Waals surface area contributed by atoms with Crippen molar-refractivity contribution in [1.82, 2.24) is 9.80 Å². The number of carbonyl (C=O) groups excluding carboxylic acids is 1. The fraction of sp³-hybridized carbons (Fsp3) is 0.500. The quantitative estimate of drug-likeness (QED) is 0.822. The average molecular weight is 354 g/mol. The first-order valence-electron chi connectivity index (χ1n) is 9.36. The van der Waals surface area contributed by atoms with Crippen LogP contribution in [0.5, 0.6) is 0 Å². The van der Waals surface area contributed by atoms with Crippen LogP contribution < -0.4 is 5.43 Å². The molecule has 5 rings (SSSR count). The van der Waals surface area contributed by atoms with Gasteiger partial charge < -0.3 is 14.1 Å². The SMILES string of the molecule is O=C(c1cc(=O)c2ccccc2o1)N1CCN2[C@@H](COC[C@@H]2C2CC2)C1. The van der Waals surface area contributed by atoms with Crippen molar-refractivity contribution in [3.05, 3.63) is 46.3 Å². The number of hydrogen-bond donors (Lipinski definition) is 0. The Bertz CT molecular complexity index is 904. The predicted molar refractivity (Wildman–Crippen MR) is 96.2 cm³/mol. The molecule has 2 saturated heterocycles. The summed E-state index contributed by atoms with van der Waals surface area (Å²) in [4.78, 5) is 29.5. The molecule has 1 amide bonds. The number of piperazine rings is 1. The summed E-state index contributed by atoms with van der Waals surface area (Å²) in [5.41, 5.74) is 0.278. The van der Waals surface area contributed by atoms with Crippen LogP contribution in [0.3, 0.4) is 0 Å². The van der Waals surface area contributed by atoms with Crippen LogP contribution in [0.25, 0.3) is 11.0 Å². The van der Waals surface area contributed by atoms with Crippen molar-refractivity contribution in [3.8, 4) is 0 Å². The zero-order valence-corrected chi connectivity index (χ0v) is 14.6. The molecular formula is C20H22N2O4. The first-order chi connectivity index (χ1) is 12.7. The Morgan fingerprint density at radius 1 is 1.12 bits per heavy atom. The zero-order valence-electron chi connectivity index (χ0n) is 14.6. The van der Waals surface area contributed by atoms with E-state index in [9.17, 15) is 9.59 Å². The molecule has 2 aliphatic heterocycles. The highest BCUT2D eigenvalue weighted by atomic mass is 16.5. The predicted octanol–water partition coefficient (Wildman–Crippen LogP) is 1.73. The van der Waals surface area contributed by atoms with Crippen molar-refractivity contribution >= 4 is 16.9 Å². The number of benzene rings is 1. The second kappa shape index (κ2) is 6.21. The Hall–Kier alpha value is -2.18. The minimum Gasteiger partial charge on any atom is -0.451 e. The van der Waals surface area contributed by atoms with Gasteiger partial charge in [0.25, 0.3) is 5.91 Å². The highest BCUT2D eigenvalue weighted by Crippen LogP contribution is 2.38. The molecule has 1 aromatic carbocycles. The van der Waals surface area contributed by atoms with Gasteiger partial charge in [-0.05, 0) is 30.9 Å². The summed E-state index contributed by atoms with van der Waals surface area (Å²) in [5, 5.41) is 0.502. The van der Waals surface area contributed by atoms with Gasteiger partial charge in [0, 0.05) is 31.7 Å². The normalized spacial score (nSPS) is 26.7.